The highest BCUT2D eigenvalue weighted by molar-refractivity contribution is 6.05. The van der Waals surface area contributed by atoms with Crippen molar-refractivity contribution in [1.82, 2.24) is 20.1 Å². The lowest BCUT2D eigenvalue weighted by Gasteiger charge is -2.38. The van der Waals surface area contributed by atoms with Crippen molar-refractivity contribution in [3.05, 3.63) is 65.2 Å². The van der Waals surface area contributed by atoms with Gasteiger partial charge in [0.25, 0.3) is 5.91 Å². The number of morpholine rings is 1. The van der Waals surface area contributed by atoms with Crippen LogP contribution in [0.1, 0.15) is 54.6 Å². The number of aromatic nitrogens is 1. The van der Waals surface area contributed by atoms with Gasteiger partial charge in [-0.15, -0.1) is 0 Å². The number of pyridine rings is 1. The zero-order valence-corrected chi connectivity index (χ0v) is 24.7. The van der Waals surface area contributed by atoms with Crippen molar-refractivity contribution < 1.29 is 23.9 Å². The van der Waals surface area contributed by atoms with E-state index in [-0.39, 0.29) is 29.9 Å². The van der Waals surface area contributed by atoms with Gasteiger partial charge in [0.15, 0.2) is 0 Å². The second-order valence-electron chi connectivity index (χ2n) is 12.7. The summed E-state index contributed by atoms with van der Waals surface area (Å²) in [6.45, 7) is 9.57. The summed E-state index contributed by atoms with van der Waals surface area (Å²) in [5.74, 6) is 0.876. The minimum Gasteiger partial charge on any atom is -0.489 e. The number of fused-ring (bicyclic) bond motifs is 2. The number of anilines is 1. The number of carbonyl (C=O) groups excluding carboxylic acids is 3. The minimum absolute atomic E-state index is 0.0591. The van der Waals surface area contributed by atoms with E-state index in [2.05, 4.69) is 59.3 Å². The molecule has 0 spiro atoms. The maximum atomic E-state index is 13.0. The summed E-state index contributed by atoms with van der Waals surface area (Å²) in [6, 6.07) is 15.7. The summed E-state index contributed by atoms with van der Waals surface area (Å²) in [5, 5.41) is 3.49. The molecule has 3 aromatic rings. The van der Waals surface area contributed by atoms with E-state index in [1.165, 1.54) is 5.56 Å². The zero-order valence-electron chi connectivity index (χ0n) is 24.7. The molecular formula is C33H37N5O5. The molecule has 0 aliphatic carbocycles. The van der Waals surface area contributed by atoms with Gasteiger partial charge in [0, 0.05) is 56.6 Å². The van der Waals surface area contributed by atoms with Crippen molar-refractivity contribution in [2.75, 3.05) is 37.7 Å². The number of ether oxygens (including phenoxy) is 2. The average molecular weight is 584 g/mol. The van der Waals surface area contributed by atoms with Crippen LogP contribution >= 0.6 is 0 Å². The fraction of sp³-hybridized carbons (Fsp3) is 0.455. The molecule has 224 valence electrons. The molecule has 0 radical (unpaired) electrons. The Hall–Kier alpha value is -4.02. The molecule has 43 heavy (non-hydrogen) atoms. The molecule has 1 N–H and O–H groups in total. The van der Waals surface area contributed by atoms with Crippen LogP contribution in [0.3, 0.4) is 0 Å². The van der Waals surface area contributed by atoms with E-state index in [9.17, 15) is 14.4 Å². The molecule has 4 aliphatic rings. The van der Waals surface area contributed by atoms with Gasteiger partial charge in [-0.3, -0.25) is 24.6 Å². The van der Waals surface area contributed by atoms with Crippen LogP contribution in [0.5, 0.6) is 5.75 Å². The lowest BCUT2D eigenvalue weighted by Crippen LogP contribution is -2.52. The van der Waals surface area contributed by atoms with Crippen LogP contribution in [0.2, 0.25) is 0 Å². The number of imide groups is 1. The third-order valence-corrected chi connectivity index (χ3v) is 8.92. The summed E-state index contributed by atoms with van der Waals surface area (Å²) >= 11 is 0. The number of rotatable bonds is 6. The Labute approximate surface area is 250 Å². The fourth-order valence-corrected chi connectivity index (χ4v) is 6.76. The molecule has 10 heteroatoms. The molecule has 2 aromatic carbocycles. The van der Waals surface area contributed by atoms with E-state index in [1.54, 1.807) is 11.0 Å². The Kier molecular flexibility index (Phi) is 7.05. The van der Waals surface area contributed by atoms with Crippen molar-refractivity contribution in [2.24, 2.45) is 0 Å². The predicted molar refractivity (Wildman–Crippen MR) is 161 cm³/mol. The molecule has 4 aliphatic heterocycles. The monoisotopic (exact) mass is 583 g/mol. The number of benzene rings is 2. The molecule has 7 rings (SSSR count). The third kappa shape index (κ3) is 5.69. The van der Waals surface area contributed by atoms with Crippen molar-refractivity contribution in [1.29, 1.82) is 0 Å². The van der Waals surface area contributed by atoms with Gasteiger partial charge < -0.3 is 19.3 Å². The van der Waals surface area contributed by atoms with Crippen LogP contribution in [-0.4, -0.2) is 83.0 Å². The predicted octanol–water partition coefficient (Wildman–Crippen LogP) is 3.26. The summed E-state index contributed by atoms with van der Waals surface area (Å²) in [7, 11) is 0. The number of hydrogen-bond donors (Lipinski definition) is 1. The molecular weight excluding hydrogens is 546 g/mol. The highest BCUT2D eigenvalue weighted by Crippen LogP contribution is 2.31. The molecule has 5 heterocycles. The fourth-order valence-electron chi connectivity index (χ4n) is 6.76. The van der Waals surface area contributed by atoms with E-state index in [4.69, 9.17) is 14.5 Å². The second kappa shape index (κ2) is 10.9. The molecule has 3 amide bonds. The minimum atomic E-state index is -0.615. The highest BCUT2D eigenvalue weighted by Gasteiger charge is 2.39. The van der Waals surface area contributed by atoms with Gasteiger partial charge in [-0.25, -0.2) is 4.98 Å². The van der Waals surface area contributed by atoms with E-state index in [1.807, 2.05) is 12.1 Å². The van der Waals surface area contributed by atoms with E-state index < -0.39 is 11.9 Å². The van der Waals surface area contributed by atoms with Gasteiger partial charge in [0.1, 0.15) is 23.7 Å². The van der Waals surface area contributed by atoms with Gasteiger partial charge in [-0.1, -0.05) is 6.07 Å². The molecule has 2 atom stereocenters. The number of nitrogens with one attached hydrogen (secondary N) is 1. The summed E-state index contributed by atoms with van der Waals surface area (Å²) in [4.78, 5) is 48.1. The van der Waals surface area contributed by atoms with Gasteiger partial charge in [0.05, 0.1) is 17.7 Å². The standard InChI is InChI=1S/C33H37N5O5/c1-33(2)20-37(13-14-42-33)29-9-4-22-15-21(3-7-27(22)34-29)17-36-12-11-25(19-36)43-24-5-6-26-23(16-24)18-38(32(26)41)28-8-10-30(39)35-31(28)40/h3-7,9,15-16,25,28H,8,10-14,17-20H2,1-2H3,(H,35,39,40)/t25-,28?/m0/s1. The maximum absolute atomic E-state index is 13.0. The number of nitrogens with zero attached hydrogens (tertiary/aromatic N) is 4. The largest absolute Gasteiger partial charge is 0.489 e. The first-order valence-electron chi connectivity index (χ1n) is 15.2. The zero-order chi connectivity index (χ0) is 29.7. The maximum Gasteiger partial charge on any atom is 0.255 e. The molecule has 3 fully saturated rings. The lowest BCUT2D eigenvalue weighted by atomic mass is 10.0. The van der Waals surface area contributed by atoms with Crippen molar-refractivity contribution >= 4 is 34.4 Å². The normalized spacial score (nSPS) is 24.0. The van der Waals surface area contributed by atoms with E-state index in [0.717, 1.165) is 67.2 Å². The number of carbonyl (C=O) groups is 3. The van der Waals surface area contributed by atoms with Crippen molar-refractivity contribution in [3.63, 3.8) is 0 Å². The van der Waals surface area contributed by atoms with Gasteiger partial charge in [-0.05, 0) is 80.3 Å². The first kappa shape index (κ1) is 27.8. The van der Waals surface area contributed by atoms with Crippen LogP contribution in [0, 0.1) is 0 Å². The number of piperidine rings is 1. The van der Waals surface area contributed by atoms with Crippen LogP contribution < -0.4 is 15.0 Å². The quantitative estimate of drug-likeness (QED) is 0.441. The number of amides is 3. The van der Waals surface area contributed by atoms with Crippen molar-refractivity contribution in [3.8, 4) is 5.75 Å². The van der Waals surface area contributed by atoms with Crippen LogP contribution in [0.4, 0.5) is 5.82 Å². The first-order valence-corrected chi connectivity index (χ1v) is 15.2. The Bertz CT molecular complexity index is 1610. The second-order valence-corrected chi connectivity index (χ2v) is 12.7. The molecule has 1 aromatic heterocycles. The Balaban J connectivity index is 0.957. The number of likely N-dealkylation sites (tertiary alicyclic amines) is 1. The molecule has 1 unspecified atom stereocenters. The molecule has 0 bridgehead atoms. The first-order chi connectivity index (χ1) is 20.7. The highest BCUT2D eigenvalue weighted by atomic mass is 16.5. The summed E-state index contributed by atoms with van der Waals surface area (Å²) in [5.41, 5.74) is 3.53. The molecule has 10 nitrogen and oxygen atoms in total. The molecule has 3 saturated heterocycles. The van der Waals surface area contributed by atoms with E-state index in [0.29, 0.717) is 25.1 Å². The van der Waals surface area contributed by atoms with Crippen LogP contribution in [0.25, 0.3) is 10.9 Å². The summed E-state index contributed by atoms with van der Waals surface area (Å²) in [6.07, 6.45) is 1.58. The number of hydrogen-bond acceptors (Lipinski definition) is 8. The Morgan fingerprint density at radius 2 is 1.93 bits per heavy atom. The van der Waals surface area contributed by atoms with E-state index >= 15 is 0 Å². The van der Waals surface area contributed by atoms with Gasteiger partial charge in [0.2, 0.25) is 11.8 Å². The van der Waals surface area contributed by atoms with Gasteiger partial charge in [-0.2, -0.15) is 0 Å². The molecule has 0 saturated carbocycles. The van der Waals surface area contributed by atoms with Crippen LogP contribution in [0.15, 0.2) is 48.5 Å². The smallest absolute Gasteiger partial charge is 0.255 e. The average Bonchev–Trinajstić information content (AvgIpc) is 3.55. The third-order valence-electron chi connectivity index (χ3n) is 8.92. The Morgan fingerprint density at radius 3 is 2.77 bits per heavy atom. The van der Waals surface area contributed by atoms with Gasteiger partial charge >= 0.3 is 0 Å². The lowest BCUT2D eigenvalue weighted by molar-refractivity contribution is -0.136. The SMILES string of the molecule is CC1(C)CN(c2ccc3cc(CN4CC[C@H](Oc5ccc6c(c5)CN(C5CCC(=O)NC5=O)C6=O)C4)ccc3n2)CCO1. The Morgan fingerprint density at radius 1 is 1.05 bits per heavy atom. The van der Waals surface area contributed by atoms with Crippen molar-refractivity contribution in [2.45, 2.75) is 63.9 Å². The van der Waals surface area contributed by atoms with Crippen LogP contribution in [-0.2, 0) is 27.4 Å². The summed E-state index contributed by atoms with van der Waals surface area (Å²) < 4.78 is 12.2. The topological polar surface area (TPSA) is 104 Å².